The summed E-state index contributed by atoms with van der Waals surface area (Å²) in [6, 6.07) is 8.61. The molecule has 1 saturated carbocycles. The quantitative estimate of drug-likeness (QED) is 0.706. The largest absolute Gasteiger partial charge is 0.497 e. The minimum atomic E-state index is 0.370. The van der Waals surface area contributed by atoms with Crippen molar-refractivity contribution in [3.8, 4) is 11.5 Å². The van der Waals surface area contributed by atoms with E-state index in [0.29, 0.717) is 5.41 Å². The van der Waals surface area contributed by atoms with Gasteiger partial charge in [0.25, 0.3) is 0 Å². The molecule has 1 aliphatic rings. The third kappa shape index (κ3) is 4.92. The number of ether oxygens (including phenoxy) is 2. The van der Waals surface area contributed by atoms with E-state index in [-0.39, 0.29) is 0 Å². The molecule has 0 aliphatic heterocycles. The molecule has 0 spiro atoms. The fourth-order valence-electron chi connectivity index (χ4n) is 2.65. The lowest BCUT2D eigenvalue weighted by Gasteiger charge is -2.32. The standard InChI is InChI=1S/C18H29NO2/c1-4-18(5-2,14-19-15-6-7-15)12-13-21-17-10-8-16(20-3)9-11-17/h8-11,15,19H,4-7,12-14H2,1-3H3. The Morgan fingerprint density at radius 1 is 1.10 bits per heavy atom. The maximum Gasteiger partial charge on any atom is 0.119 e. The van der Waals surface area contributed by atoms with E-state index in [4.69, 9.17) is 9.47 Å². The van der Waals surface area contributed by atoms with Gasteiger partial charge in [-0.15, -0.1) is 0 Å². The number of methoxy groups -OCH3 is 1. The molecule has 1 fully saturated rings. The van der Waals surface area contributed by atoms with Crippen LogP contribution in [0.1, 0.15) is 46.0 Å². The van der Waals surface area contributed by atoms with Gasteiger partial charge in [0.2, 0.25) is 0 Å². The monoisotopic (exact) mass is 291 g/mol. The SMILES string of the molecule is CCC(CC)(CCOc1ccc(OC)cc1)CNC1CC1. The summed E-state index contributed by atoms with van der Waals surface area (Å²) in [6.45, 7) is 6.49. The van der Waals surface area contributed by atoms with Gasteiger partial charge in [0.05, 0.1) is 13.7 Å². The Bertz CT molecular complexity index is 408. The molecule has 1 aromatic carbocycles. The highest BCUT2D eigenvalue weighted by Gasteiger charge is 2.29. The van der Waals surface area contributed by atoms with Gasteiger partial charge in [-0.05, 0) is 61.8 Å². The maximum absolute atomic E-state index is 5.90. The third-order valence-corrected chi connectivity index (χ3v) is 4.80. The topological polar surface area (TPSA) is 30.5 Å². The number of nitrogens with one attached hydrogen (secondary N) is 1. The van der Waals surface area contributed by atoms with E-state index in [9.17, 15) is 0 Å². The molecule has 0 saturated heterocycles. The lowest BCUT2D eigenvalue weighted by atomic mass is 9.79. The molecule has 0 aromatic heterocycles. The molecule has 118 valence electrons. The Morgan fingerprint density at radius 3 is 2.24 bits per heavy atom. The van der Waals surface area contributed by atoms with E-state index in [1.165, 1.54) is 25.7 Å². The first kappa shape index (κ1) is 16.2. The zero-order valence-electron chi connectivity index (χ0n) is 13.7. The van der Waals surface area contributed by atoms with Crippen molar-refractivity contribution in [1.82, 2.24) is 5.32 Å². The van der Waals surface area contributed by atoms with Crippen molar-refractivity contribution in [3.63, 3.8) is 0 Å². The van der Waals surface area contributed by atoms with Crippen LogP contribution >= 0.6 is 0 Å². The Morgan fingerprint density at radius 2 is 1.71 bits per heavy atom. The molecule has 0 amide bonds. The van der Waals surface area contributed by atoms with Crippen molar-refractivity contribution in [1.29, 1.82) is 0 Å². The minimum Gasteiger partial charge on any atom is -0.497 e. The van der Waals surface area contributed by atoms with Gasteiger partial charge in [-0.1, -0.05) is 13.8 Å². The first-order valence-electron chi connectivity index (χ1n) is 8.21. The van der Waals surface area contributed by atoms with Crippen LogP contribution in [0.25, 0.3) is 0 Å². The lowest BCUT2D eigenvalue weighted by Crippen LogP contribution is -2.36. The van der Waals surface area contributed by atoms with Crippen molar-refractivity contribution >= 4 is 0 Å². The van der Waals surface area contributed by atoms with Crippen LogP contribution in [0, 0.1) is 5.41 Å². The van der Waals surface area contributed by atoms with Gasteiger partial charge in [-0.2, -0.15) is 0 Å². The molecule has 0 bridgehead atoms. The summed E-state index contributed by atoms with van der Waals surface area (Å²) in [4.78, 5) is 0. The molecule has 1 aromatic rings. The second-order valence-corrected chi connectivity index (χ2v) is 6.14. The molecular weight excluding hydrogens is 262 g/mol. The van der Waals surface area contributed by atoms with Gasteiger partial charge in [0.15, 0.2) is 0 Å². The van der Waals surface area contributed by atoms with Gasteiger partial charge in [-0.3, -0.25) is 0 Å². The van der Waals surface area contributed by atoms with Gasteiger partial charge >= 0.3 is 0 Å². The van der Waals surface area contributed by atoms with E-state index >= 15 is 0 Å². The number of rotatable bonds is 10. The van der Waals surface area contributed by atoms with Gasteiger partial charge in [-0.25, -0.2) is 0 Å². The lowest BCUT2D eigenvalue weighted by molar-refractivity contribution is 0.174. The second kappa shape index (κ2) is 7.69. The van der Waals surface area contributed by atoms with Crippen LogP contribution in [0.2, 0.25) is 0 Å². The molecule has 21 heavy (non-hydrogen) atoms. The Labute approximate surface area is 129 Å². The summed E-state index contributed by atoms with van der Waals surface area (Å²) in [7, 11) is 1.68. The average Bonchev–Trinajstić information content (AvgIpc) is 3.36. The molecular formula is C18H29NO2. The highest BCUT2D eigenvalue weighted by molar-refractivity contribution is 5.31. The van der Waals surface area contributed by atoms with E-state index in [2.05, 4.69) is 19.2 Å². The zero-order chi connectivity index (χ0) is 15.1. The van der Waals surface area contributed by atoms with E-state index in [0.717, 1.165) is 37.1 Å². The Kier molecular flexibility index (Phi) is 5.92. The molecule has 1 N–H and O–H groups in total. The molecule has 0 unspecified atom stereocenters. The summed E-state index contributed by atoms with van der Waals surface area (Å²) in [6.07, 6.45) is 6.22. The average molecular weight is 291 g/mol. The molecule has 3 nitrogen and oxygen atoms in total. The fourth-order valence-corrected chi connectivity index (χ4v) is 2.65. The zero-order valence-corrected chi connectivity index (χ0v) is 13.7. The Hall–Kier alpha value is -1.22. The van der Waals surface area contributed by atoms with Crippen LogP contribution in [-0.2, 0) is 0 Å². The first-order chi connectivity index (χ1) is 10.2. The first-order valence-corrected chi connectivity index (χ1v) is 8.21. The van der Waals surface area contributed by atoms with Crippen molar-refractivity contribution in [2.45, 2.75) is 52.0 Å². The van der Waals surface area contributed by atoms with E-state index < -0.39 is 0 Å². The van der Waals surface area contributed by atoms with Crippen LogP contribution in [-0.4, -0.2) is 26.3 Å². The molecule has 0 heterocycles. The minimum absolute atomic E-state index is 0.370. The number of hydrogen-bond donors (Lipinski definition) is 1. The van der Waals surface area contributed by atoms with Crippen molar-refractivity contribution in [2.24, 2.45) is 5.41 Å². The maximum atomic E-state index is 5.90. The second-order valence-electron chi connectivity index (χ2n) is 6.14. The summed E-state index contributed by atoms with van der Waals surface area (Å²) in [5.74, 6) is 1.79. The highest BCUT2D eigenvalue weighted by Crippen LogP contribution is 2.32. The molecule has 2 rings (SSSR count). The van der Waals surface area contributed by atoms with Crippen molar-refractivity contribution in [2.75, 3.05) is 20.3 Å². The normalized spacial score (nSPS) is 15.0. The summed E-state index contributed by atoms with van der Waals surface area (Å²) >= 11 is 0. The van der Waals surface area contributed by atoms with Gasteiger partial charge < -0.3 is 14.8 Å². The molecule has 3 heteroatoms. The summed E-state index contributed by atoms with van der Waals surface area (Å²) < 4.78 is 11.1. The summed E-state index contributed by atoms with van der Waals surface area (Å²) in [5.41, 5.74) is 0.370. The third-order valence-electron chi connectivity index (χ3n) is 4.80. The highest BCUT2D eigenvalue weighted by atomic mass is 16.5. The number of hydrogen-bond acceptors (Lipinski definition) is 3. The summed E-state index contributed by atoms with van der Waals surface area (Å²) in [5, 5.41) is 3.69. The molecule has 0 atom stereocenters. The molecule has 0 radical (unpaired) electrons. The van der Waals surface area contributed by atoms with Crippen LogP contribution in [0.5, 0.6) is 11.5 Å². The smallest absolute Gasteiger partial charge is 0.119 e. The van der Waals surface area contributed by atoms with Crippen LogP contribution in [0.4, 0.5) is 0 Å². The predicted octanol–water partition coefficient (Wildman–Crippen LogP) is 4.02. The van der Waals surface area contributed by atoms with Crippen LogP contribution in [0.15, 0.2) is 24.3 Å². The Balaban J connectivity index is 1.79. The van der Waals surface area contributed by atoms with Crippen LogP contribution in [0.3, 0.4) is 0 Å². The predicted molar refractivity (Wildman–Crippen MR) is 87.1 cm³/mol. The van der Waals surface area contributed by atoms with Crippen molar-refractivity contribution in [3.05, 3.63) is 24.3 Å². The number of benzene rings is 1. The van der Waals surface area contributed by atoms with E-state index in [1.807, 2.05) is 24.3 Å². The fraction of sp³-hybridized carbons (Fsp3) is 0.667. The van der Waals surface area contributed by atoms with Gasteiger partial charge in [0, 0.05) is 12.6 Å². The van der Waals surface area contributed by atoms with Gasteiger partial charge in [0.1, 0.15) is 11.5 Å². The molecule has 1 aliphatic carbocycles. The van der Waals surface area contributed by atoms with E-state index in [1.54, 1.807) is 7.11 Å². The van der Waals surface area contributed by atoms with Crippen molar-refractivity contribution < 1.29 is 9.47 Å². The van der Waals surface area contributed by atoms with Crippen LogP contribution < -0.4 is 14.8 Å².